The number of ether oxygens (including phenoxy) is 1. The van der Waals surface area contributed by atoms with Crippen molar-refractivity contribution in [2.45, 2.75) is 37.3 Å². The number of benzene rings is 2. The Kier molecular flexibility index (Phi) is 6.66. The highest BCUT2D eigenvalue weighted by Gasteiger charge is 2.28. The summed E-state index contributed by atoms with van der Waals surface area (Å²) < 4.78 is 34.5. The Morgan fingerprint density at radius 1 is 1.26 bits per heavy atom. The van der Waals surface area contributed by atoms with Gasteiger partial charge in [-0.3, -0.25) is 4.79 Å². The molecule has 1 fully saturated rings. The Labute approximate surface area is 186 Å². The summed E-state index contributed by atoms with van der Waals surface area (Å²) in [5.41, 5.74) is 1.58. The fourth-order valence-corrected chi connectivity index (χ4v) is 5.94. The van der Waals surface area contributed by atoms with Crippen LogP contribution in [0.1, 0.15) is 23.4 Å². The number of hydrogen-bond acceptors (Lipinski definition) is 6. The van der Waals surface area contributed by atoms with Crippen LogP contribution in [0.25, 0.3) is 10.2 Å². The minimum absolute atomic E-state index is 0.0000980. The van der Waals surface area contributed by atoms with E-state index in [0.717, 1.165) is 33.6 Å². The summed E-state index contributed by atoms with van der Waals surface area (Å²) in [4.78, 5) is 17.2. The van der Waals surface area contributed by atoms with Gasteiger partial charge in [0.25, 0.3) is 0 Å². The van der Waals surface area contributed by atoms with Gasteiger partial charge < -0.3 is 10.1 Å². The highest BCUT2D eigenvalue weighted by atomic mass is 32.2. The predicted molar refractivity (Wildman–Crippen MR) is 120 cm³/mol. The Balaban J connectivity index is 1.57. The van der Waals surface area contributed by atoms with Gasteiger partial charge in [-0.2, -0.15) is 4.31 Å². The van der Waals surface area contributed by atoms with E-state index in [0.29, 0.717) is 13.2 Å². The van der Waals surface area contributed by atoms with E-state index in [1.54, 1.807) is 18.2 Å². The van der Waals surface area contributed by atoms with Gasteiger partial charge in [0, 0.05) is 19.7 Å². The molecule has 2 aromatic carbocycles. The van der Waals surface area contributed by atoms with Crippen LogP contribution in [0.2, 0.25) is 0 Å². The Morgan fingerprint density at radius 3 is 2.81 bits per heavy atom. The van der Waals surface area contributed by atoms with Crippen molar-refractivity contribution in [2.24, 2.45) is 0 Å². The van der Waals surface area contributed by atoms with Crippen molar-refractivity contribution in [3.05, 3.63) is 59.1 Å². The number of thiazole rings is 1. The van der Waals surface area contributed by atoms with Crippen LogP contribution in [-0.2, 0) is 26.1 Å². The molecule has 1 atom stereocenters. The van der Waals surface area contributed by atoms with Crippen molar-refractivity contribution in [3.8, 4) is 0 Å². The van der Waals surface area contributed by atoms with E-state index >= 15 is 0 Å². The molecule has 3 aromatic rings. The number of nitrogens with zero attached hydrogens (tertiary/aromatic N) is 2. The predicted octanol–water partition coefficient (Wildman–Crippen LogP) is 3.09. The number of rotatable bonds is 8. The van der Waals surface area contributed by atoms with Gasteiger partial charge in [-0.15, -0.1) is 11.3 Å². The first-order valence-electron chi connectivity index (χ1n) is 10.2. The third-order valence-corrected chi connectivity index (χ3v) is 7.90. The number of nitrogens with one attached hydrogen (secondary N) is 1. The average Bonchev–Trinajstić information content (AvgIpc) is 3.40. The first-order chi connectivity index (χ1) is 14.9. The number of amides is 1. The molecule has 2 heterocycles. The zero-order chi connectivity index (χ0) is 21.8. The second-order valence-corrected chi connectivity index (χ2v) is 10.7. The van der Waals surface area contributed by atoms with Crippen molar-refractivity contribution < 1.29 is 17.9 Å². The molecule has 0 bridgehead atoms. The van der Waals surface area contributed by atoms with Crippen LogP contribution in [0.5, 0.6) is 0 Å². The summed E-state index contributed by atoms with van der Waals surface area (Å²) in [7, 11) is -3.89. The van der Waals surface area contributed by atoms with Gasteiger partial charge in [0.15, 0.2) is 0 Å². The van der Waals surface area contributed by atoms with Gasteiger partial charge in [0.2, 0.25) is 15.9 Å². The molecule has 9 heteroatoms. The van der Waals surface area contributed by atoms with Crippen molar-refractivity contribution in [3.63, 3.8) is 0 Å². The van der Waals surface area contributed by atoms with Crippen LogP contribution in [0, 0.1) is 6.92 Å². The van der Waals surface area contributed by atoms with Crippen LogP contribution in [0.3, 0.4) is 0 Å². The summed E-state index contributed by atoms with van der Waals surface area (Å²) in [5.74, 6) is -0.343. The zero-order valence-corrected chi connectivity index (χ0v) is 18.9. The Morgan fingerprint density at radius 2 is 2.06 bits per heavy atom. The van der Waals surface area contributed by atoms with Gasteiger partial charge in [0.05, 0.1) is 32.8 Å². The van der Waals surface area contributed by atoms with Crippen molar-refractivity contribution in [2.75, 3.05) is 19.7 Å². The molecule has 1 saturated heterocycles. The molecule has 1 aromatic heterocycles. The van der Waals surface area contributed by atoms with E-state index in [4.69, 9.17) is 4.74 Å². The molecule has 1 unspecified atom stereocenters. The lowest BCUT2D eigenvalue weighted by molar-refractivity contribution is -0.121. The number of carbonyl (C=O) groups is 1. The van der Waals surface area contributed by atoms with Crippen LogP contribution >= 0.6 is 11.3 Å². The SMILES string of the molecule is Cc1nc2ccc(S(=O)(=O)N(CC(=O)NCC3CCCO3)Cc3ccccc3)cc2s1. The molecule has 0 aliphatic carbocycles. The largest absolute Gasteiger partial charge is 0.376 e. The standard InChI is InChI=1S/C22H25N3O4S2/c1-16-24-20-10-9-19(12-21(20)30-16)31(27,28)25(14-17-6-3-2-4-7-17)15-22(26)23-13-18-8-5-11-29-18/h2-4,6-7,9-10,12,18H,5,8,11,13-15H2,1H3,(H,23,26). The number of hydrogen-bond donors (Lipinski definition) is 1. The summed E-state index contributed by atoms with van der Waals surface area (Å²) in [6.07, 6.45) is 1.88. The molecule has 7 nitrogen and oxygen atoms in total. The normalized spacial score (nSPS) is 16.8. The maximum atomic E-state index is 13.5. The number of fused-ring (bicyclic) bond motifs is 1. The lowest BCUT2D eigenvalue weighted by Crippen LogP contribution is -2.42. The van der Waals surface area contributed by atoms with Crippen molar-refractivity contribution in [1.29, 1.82) is 0 Å². The second-order valence-electron chi connectivity index (χ2n) is 7.56. The molecule has 1 amide bonds. The van der Waals surface area contributed by atoms with Crippen molar-refractivity contribution in [1.82, 2.24) is 14.6 Å². The summed E-state index contributed by atoms with van der Waals surface area (Å²) in [5, 5.41) is 3.69. The fourth-order valence-electron chi connectivity index (χ4n) is 3.59. The quantitative estimate of drug-likeness (QED) is 0.559. The Bertz CT molecular complexity index is 1160. The maximum Gasteiger partial charge on any atom is 0.243 e. The van der Waals surface area contributed by atoms with Gasteiger partial charge >= 0.3 is 0 Å². The number of sulfonamides is 1. The summed E-state index contributed by atoms with van der Waals surface area (Å²) in [6, 6.07) is 14.2. The molecule has 4 rings (SSSR count). The lowest BCUT2D eigenvalue weighted by atomic mass is 10.2. The van der Waals surface area contributed by atoms with Gasteiger partial charge in [-0.25, -0.2) is 13.4 Å². The monoisotopic (exact) mass is 459 g/mol. The number of carbonyl (C=O) groups excluding carboxylic acids is 1. The van der Waals surface area contributed by atoms with E-state index in [9.17, 15) is 13.2 Å². The minimum Gasteiger partial charge on any atom is -0.376 e. The first kappa shape index (κ1) is 21.9. The van der Waals surface area contributed by atoms with E-state index in [-0.39, 0.29) is 30.0 Å². The molecule has 1 aliphatic heterocycles. The van der Waals surface area contributed by atoms with Crippen LogP contribution in [0.4, 0.5) is 0 Å². The number of aromatic nitrogens is 1. The molecule has 164 valence electrons. The molecule has 31 heavy (non-hydrogen) atoms. The minimum atomic E-state index is -3.89. The van der Waals surface area contributed by atoms with E-state index in [1.807, 2.05) is 37.3 Å². The fraction of sp³-hybridized carbons (Fsp3) is 0.364. The summed E-state index contributed by atoms with van der Waals surface area (Å²) >= 11 is 1.45. The van der Waals surface area contributed by atoms with Crippen LogP contribution in [-0.4, -0.2) is 49.4 Å². The molecular formula is C22H25N3O4S2. The van der Waals surface area contributed by atoms with Crippen LogP contribution < -0.4 is 5.32 Å². The van der Waals surface area contributed by atoms with Gasteiger partial charge in [-0.1, -0.05) is 30.3 Å². The average molecular weight is 460 g/mol. The van der Waals surface area contributed by atoms with Gasteiger partial charge in [0.1, 0.15) is 0 Å². The maximum absolute atomic E-state index is 13.5. The topological polar surface area (TPSA) is 88.6 Å². The molecule has 1 N–H and O–H groups in total. The smallest absolute Gasteiger partial charge is 0.243 e. The third-order valence-electron chi connectivity index (χ3n) is 5.18. The first-order valence-corrected chi connectivity index (χ1v) is 12.5. The molecule has 1 aliphatic rings. The third kappa shape index (κ3) is 5.30. The Hall–Kier alpha value is -2.33. The second kappa shape index (κ2) is 9.44. The molecular weight excluding hydrogens is 434 g/mol. The van der Waals surface area contributed by atoms with Crippen molar-refractivity contribution >= 4 is 37.5 Å². The van der Waals surface area contributed by atoms with E-state index in [1.165, 1.54) is 15.6 Å². The zero-order valence-electron chi connectivity index (χ0n) is 17.3. The highest BCUT2D eigenvalue weighted by Crippen LogP contribution is 2.27. The summed E-state index contributed by atoms with van der Waals surface area (Å²) in [6.45, 7) is 2.83. The number of aryl methyl sites for hydroxylation is 1. The molecule has 0 radical (unpaired) electrons. The molecule has 0 saturated carbocycles. The lowest BCUT2D eigenvalue weighted by Gasteiger charge is -2.22. The molecule has 0 spiro atoms. The van der Waals surface area contributed by atoms with E-state index in [2.05, 4.69) is 10.3 Å². The highest BCUT2D eigenvalue weighted by molar-refractivity contribution is 7.89. The van der Waals surface area contributed by atoms with E-state index < -0.39 is 10.0 Å². The van der Waals surface area contributed by atoms with Gasteiger partial charge in [-0.05, 0) is 43.5 Å². The van der Waals surface area contributed by atoms with Crippen LogP contribution in [0.15, 0.2) is 53.4 Å².